The third-order valence-electron chi connectivity index (χ3n) is 0. The van der Waals surface area contributed by atoms with E-state index in [2.05, 4.69) is 0 Å². The van der Waals surface area contributed by atoms with Gasteiger partial charge >= 0.3 is 122 Å². The van der Waals surface area contributed by atoms with E-state index >= 15 is 0 Å². The number of rotatable bonds is 0. The summed E-state index contributed by atoms with van der Waals surface area (Å²) in [6.45, 7) is 0. The molecule has 0 aromatic carbocycles. The average Bonchev–Trinajstić information content (AvgIpc) is 1.92. The van der Waals surface area contributed by atoms with Gasteiger partial charge in [-0.2, -0.15) is 0 Å². The van der Waals surface area contributed by atoms with Gasteiger partial charge in [0.25, 0.3) is 0 Å². The average molecular weight is 440 g/mol. The molecule has 0 unspecified atom stereocenters. The molecule has 0 amide bonds. The molecular formula is H4BGe4LiO8. The van der Waals surface area contributed by atoms with E-state index < -0.39 is 62.8 Å². The molecule has 0 aliphatic carbocycles. The third kappa shape index (κ3) is 1300. The second-order valence-corrected chi connectivity index (χ2v) is 2.00. The van der Waals surface area contributed by atoms with Gasteiger partial charge in [-0.25, -0.2) is 0 Å². The summed E-state index contributed by atoms with van der Waals surface area (Å²) in [5.74, 6) is 0. The van der Waals surface area contributed by atoms with Crippen molar-refractivity contribution in [1.82, 2.24) is 0 Å². The Hall–Kier alpha value is 1.23. The van der Waals surface area contributed by atoms with Crippen molar-refractivity contribution in [3.63, 3.8) is 0 Å². The fraction of sp³-hybridized carbons (Fsp3) is 0. The van der Waals surface area contributed by atoms with Crippen LogP contribution >= 0.6 is 0 Å². The first-order valence-electron chi connectivity index (χ1n) is 1.89. The van der Waals surface area contributed by atoms with Gasteiger partial charge in [-0.15, -0.1) is 0 Å². The number of hydrogen-bond donors (Lipinski definition) is 0. The molecular weight excluding hydrogens is 436 g/mol. The Balaban J connectivity index is -0.0000000145. The normalized spacial score (nSPS) is 3.43. The van der Waals surface area contributed by atoms with Crippen LogP contribution in [0.15, 0.2) is 0 Å². The monoisotopic (exact) mass is 446 g/mol. The Morgan fingerprint density at radius 1 is 0.571 bits per heavy atom. The molecule has 0 aliphatic heterocycles. The van der Waals surface area contributed by atoms with Crippen LogP contribution in [0.2, 0.25) is 0 Å². The molecule has 0 N–H and O–H groups in total. The van der Waals surface area contributed by atoms with Crippen LogP contribution < -0.4 is 35.4 Å². The molecule has 72 valence electrons. The summed E-state index contributed by atoms with van der Waals surface area (Å²) in [6.07, 6.45) is 0. The molecule has 14 heavy (non-hydrogen) atoms. The summed E-state index contributed by atoms with van der Waals surface area (Å²) >= 11 is -8.75. The van der Waals surface area contributed by atoms with Crippen LogP contribution in [0.4, 0.5) is 0 Å². The summed E-state index contributed by atoms with van der Waals surface area (Å²) in [6, 6.07) is 0. The predicted molar refractivity (Wildman–Crippen MR) is 37.1 cm³/mol. The van der Waals surface area contributed by atoms with Crippen molar-refractivity contribution < 1.29 is 50.5 Å². The zero-order valence-corrected chi connectivity index (χ0v) is 16.8. The molecule has 0 fully saturated rings. The quantitative estimate of drug-likeness (QED) is 0.336. The van der Waals surface area contributed by atoms with Gasteiger partial charge in [-0.3, -0.25) is 0 Å². The first-order valence-corrected chi connectivity index (χ1v) is 9.80. The Morgan fingerprint density at radius 3 is 0.571 bits per heavy atom. The summed E-state index contributed by atoms with van der Waals surface area (Å²) in [5.41, 5.74) is 0. The van der Waals surface area contributed by atoms with Gasteiger partial charge in [-0.05, 0) is 0 Å². The van der Waals surface area contributed by atoms with Crippen LogP contribution in [0.1, 0.15) is 0 Å². The van der Waals surface area contributed by atoms with E-state index in [0.29, 0.717) is 0 Å². The molecule has 0 heterocycles. The molecule has 0 aliphatic rings. The van der Waals surface area contributed by atoms with E-state index in [9.17, 15) is 0 Å². The Morgan fingerprint density at radius 2 is 0.571 bits per heavy atom. The minimum absolute atomic E-state index is 0. The maximum atomic E-state index is 8.53. The van der Waals surface area contributed by atoms with Crippen molar-refractivity contribution in [2.75, 3.05) is 0 Å². The molecule has 0 rings (SSSR count). The SMILES string of the molecule is [B+3].[Li+].[O]=[GeH][O-].[O]=[GeH][O-].[O]=[GeH][O-].[O]=[GeH][O-]. The first-order chi connectivity index (χ1) is 5.66. The molecule has 0 spiro atoms. The van der Waals surface area contributed by atoms with Crippen molar-refractivity contribution >= 4 is 71.2 Å². The van der Waals surface area contributed by atoms with Gasteiger partial charge in [0.2, 0.25) is 0 Å². The topological polar surface area (TPSA) is 161 Å². The second kappa shape index (κ2) is 91.0. The molecule has 0 bridgehead atoms. The van der Waals surface area contributed by atoms with Gasteiger partial charge in [0.05, 0.1) is 0 Å². The van der Waals surface area contributed by atoms with Crippen LogP contribution in [-0.4, -0.2) is 71.2 Å². The molecule has 0 aromatic heterocycles. The predicted octanol–water partition coefficient (Wildman–Crippen LogP) is -11.2. The van der Waals surface area contributed by atoms with Crippen molar-refractivity contribution in [3.05, 3.63) is 0 Å². The van der Waals surface area contributed by atoms with Crippen LogP contribution in [0.3, 0.4) is 0 Å². The molecule has 0 aromatic rings. The molecule has 0 radical (unpaired) electrons. The minimum atomic E-state index is -2.19. The van der Waals surface area contributed by atoms with E-state index in [1.54, 1.807) is 0 Å². The van der Waals surface area contributed by atoms with E-state index in [-0.39, 0.29) is 27.3 Å². The zero-order valence-electron chi connectivity index (χ0n) is 7.15. The van der Waals surface area contributed by atoms with Crippen LogP contribution in [-0.2, 0) is 15.1 Å². The van der Waals surface area contributed by atoms with Crippen molar-refractivity contribution in [2.24, 2.45) is 0 Å². The Labute approximate surface area is 120 Å². The van der Waals surface area contributed by atoms with Crippen molar-refractivity contribution in [2.45, 2.75) is 0 Å². The summed E-state index contributed by atoms with van der Waals surface area (Å²) in [7, 11) is 0. The fourth-order valence-corrected chi connectivity index (χ4v) is 0. The molecule has 0 saturated carbocycles. The van der Waals surface area contributed by atoms with Crippen LogP contribution in [0.25, 0.3) is 0 Å². The van der Waals surface area contributed by atoms with Crippen LogP contribution in [0, 0.1) is 0 Å². The molecule has 0 atom stereocenters. The zero-order chi connectivity index (χ0) is 10.8. The van der Waals surface area contributed by atoms with Gasteiger partial charge in [-0.1, -0.05) is 0 Å². The first kappa shape index (κ1) is 36.2. The second-order valence-electron chi connectivity index (χ2n) is 0.385. The Kier molecular flexibility index (Phi) is 235. The number of hydrogen-bond acceptors (Lipinski definition) is 8. The van der Waals surface area contributed by atoms with E-state index in [4.69, 9.17) is 31.6 Å². The van der Waals surface area contributed by atoms with E-state index in [1.807, 2.05) is 0 Å². The summed E-state index contributed by atoms with van der Waals surface area (Å²) in [5, 5.41) is 0. The molecule has 14 heteroatoms. The van der Waals surface area contributed by atoms with Crippen molar-refractivity contribution in [3.8, 4) is 0 Å². The van der Waals surface area contributed by atoms with E-state index in [0.717, 1.165) is 0 Å². The van der Waals surface area contributed by atoms with Gasteiger partial charge in [0.1, 0.15) is 0 Å². The maximum absolute atomic E-state index is 8.53. The standard InChI is InChI=1S/B.4GeHO2.Li/c;4*2-1-3;/h;4*1H;/q+3;4*-1;+1. The molecule has 8 nitrogen and oxygen atoms in total. The van der Waals surface area contributed by atoms with Gasteiger partial charge < -0.3 is 0 Å². The fourth-order valence-electron chi connectivity index (χ4n) is 0. The van der Waals surface area contributed by atoms with E-state index in [1.165, 1.54) is 0 Å². The molecule has 0 saturated heterocycles. The van der Waals surface area contributed by atoms with Gasteiger partial charge in [0, 0.05) is 0 Å². The van der Waals surface area contributed by atoms with Gasteiger partial charge in [0.15, 0.2) is 0 Å². The Bertz CT molecular complexity index is 75.3. The van der Waals surface area contributed by atoms with Crippen molar-refractivity contribution in [1.29, 1.82) is 0 Å². The van der Waals surface area contributed by atoms with Crippen LogP contribution in [0.5, 0.6) is 0 Å². The third-order valence-corrected chi connectivity index (χ3v) is 0. The summed E-state index contributed by atoms with van der Waals surface area (Å²) in [4.78, 5) is 0. The summed E-state index contributed by atoms with van der Waals surface area (Å²) < 4.78 is 68.2.